The summed E-state index contributed by atoms with van der Waals surface area (Å²) < 4.78 is 1.95. The van der Waals surface area contributed by atoms with E-state index in [1.807, 2.05) is 17.9 Å². The van der Waals surface area contributed by atoms with Gasteiger partial charge in [-0.25, -0.2) is 0 Å². The first-order valence-corrected chi connectivity index (χ1v) is 4.76. The molecule has 0 saturated heterocycles. The second kappa shape index (κ2) is 2.58. The molecule has 0 bridgehead atoms. The highest BCUT2D eigenvalue weighted by molar-refractivity contribution is 5.26. The number of rotatable bonds is 0. The van der Waals surface area contributed by atoms with Crippen LogP contribution in [0.4, 0.5) is 0 Å². The minimum Gasteiger partial charge on any atom is -0.324 e. The van der Waals surface area contributed by atoms with Gasteiger partial charge in [0.05, 0.1) is 6.20 Å². The summed E-state index contributed by atoms with van der Waals surface area (Å²) in [6.07, 6.45) is 4.06. The number of aromatic nitrogens is 2. The first-order valence-electron chi connectivity index (χ1n) is 4.76. The molecule has 1 aliphatic rings. The average Bonchev–Trinajstić information content (AvgIpc) is 2.30. The van der Waals surface area contributed by atoms with Gasteiger partial charge in [0.15, 0.2) is 0 Å². The van der Waals surface area contributed by atoms with E-state index in [1.165, 1.54) is 11.3 Å². The summed E-state index contributed by atoms with van der Waals surface area (Å²) >= 11 is 0. The third-order valence-electron chi connectivity index (χ3n) is 2.91. The lowest BCUT2D eigenvalue weighted by molar-refractivity contribution is 0.276. The first kappa shape index (κ1) is 8.75. The van der Waals surface area contributed by atoms with Crippen molar-refractivity contribution in [2.45, 2.75) is 32.7 Å². The van der Waals surface area contributed by atoms with Crippen molar-refractivity contribution in [3.8, 4) is 0 Å². The van der Waals surface area contributed by atoms with Crippen LogP contribution in [0.1, 0.15) is 37.6 Å². The molecule has 0 aromatic carbocycles. The van der Waals surface area contributed by atoms with Gasteiger partial charge in [-0.1, -0.05) is 13.8 Å². The summed E-state index contributed by atoms with van der Waals surface area (Å²) in [5, 5.41) is 4.25. The van der Waals surface area contributed by atoms with Crippen LogP contribution in [0.5, 0.6) is 0 Å². The molecule has 2 N–H and O–H groups in total. The fourth-order valence-corrected chi connectivity index (χ4v) is 2.24. The smallest absolute Gasteiger partial charge is 0.0540 e. The lowest BCUT2D eigenvalue weighted by atomic mass is 9.75. The van der Waals surface area contributed by atoms with Gasteiger partial charge in [-0.15, -0.1) is 0 Å². The summed E-state index contributed by atoms with van der Waals surface area (Å²) in [5.41, 5.74) is 8.95. The van der Waals surface area contributed by atoms with E-state index in [0.29, 0.717) is 5.41 Å². The molecule has 0 aliphatic heterocycles. The van der Waals surface area contributed by atoms with Gasteiger partial charge in [-0.05, 0) is 18.3 Å². The molecule has 0 amide bonds. The highest BCUT2D eigenvalue weighted by Gasteiger charge is 2.32. The molecule has 3 nitrogen and oxygen atoms in total. The Bertz CT molecular complexity index is 325. The van der Waals surface area contributed by atoms with E-state index in [4.69, 9.17) is 5.73 Å². The molecule has 1 heterocycles. The highest BCUT2D eigenvalue weighted by atomic mass is 15.3. The lowest BCUT2D eigenvalue weighted by Gasteiger charge is -2.33. The van der Waals surface area contributed by atoms with Crippen LogP contribution in [0.2, 0.25) is 0 Å². The van der Waals surface area contributed by atoms with Gasteiger partial charge >= 0.3 is 0 Å². The Balaban J connectivity index is 2.45. The van der Waals surface area contributed by atoms with Crippen molar-refractivity contribution in [1.82, 2.24) is 9.78 Å². The molecule has 72 valence electrons. The summed E-state index contributed by atoms with van der Waals surface area (Å²) in [7, 11) is 1.99. The van der Waals surface area contributed by atoms with Crippen LogP contribution in [0, 0.1) is 5.41 Å². The number of nitrogens with zero attached hydrogens (tertiary/aromatic N) is 2. The molecular formula is C10H17N3. The summed E-state index contributed by atoms with van der Waals surface area (Å²) in [6, 6.07) is 0.174. The molecule has 1 aromatic heterocycles. The minimum atomic E-state index is 0.174. The van der Waals surface area contributed by atoms with Gasteiger partial charge in [0.2, 0.25) is 0 Å². The van der Waals surface area contributed by atoms with Gasteiger partial charge in [-0.2, -0.15) is 5.10 Å². The lowest BCUT2D eigenvalue weighted by Crippen LogP contribution is -2.30. The van der Waals surface area contributed by atoms with Gasteiger partial charge < -0.3 is 5.73 Å². The van der Waals surface area contributed by atoms with E-state index >= 15 is 0 Å². The molecule has 1 atom stereocenters. The van der Waals surface area contributed by atoms with Crippen LogP contribution >= 0.6 is 0 Å². The Morgan fingerprint density at radius 3 is 3.00 bits per heavy atom. The molecule has 0 radical (unpaired) electrons. The SMILES string of the molecule is Cn1ncc2c1CC(C)(C)CC2N. The fraction of sp³-hybridized carbons (Fsp3) is 0.700. The zero-order valence-corrected chi connectivity index (χ0v) is 8.54. The van der Waals surface area contributed by atoms with E-state index in [1.54, 1.807) is 0 Å². The summed E-state index contributed by atoms with van der Waals surface area (Å²) in [6.45, 7) is 4.53. The second-order valence-electron chi connectivity index (χ2n) is 4.82. The van der Waals surface area contributed by atoms with Gasteiger partial charge in [0.25, 0.3) is 0 Å². The maximum Gasteiger partial charge on any atom is 0.0540 e. The zero-order valence-electron chi connectivity index (χ0n) is 8.54. The van der Waals surface area contributed by atoms with Crippen molar-refractivity contribution in [2.24, 2.45) is 18.2 Å². The minimum absolute atomic E-state index is 0.174. The molecule has 1 aliphatic carbocycles. The quantitative estimate of drug-likeness (QED) is 0.654. The van der Waals surface area contributed by atoms with E-state index in [0.717, 1.165) is 12.8 Å². The van der Waals surface area contributed by atoms with Crippen LogP contribution < -0.4 is 5.73 Å². The predicted octanol–water partition coefficient (Wildman–Crippen LogP) is 1.39. The fourth-order valence-electron chi connectivity index (χ4n) is 2.24. The van der Waals surface area contributed by atoms with Crippen LogP contribution in [0.25, 0.3) is 0 Å². The largest absolute Gasteiger partial charge is 0.324 e. The predicted molar refractivity (Wildman–Crippen MR) is 52.2 cm³/mol. The Labute approximate surface area is 78.9 Å². The van der Waals surface area contributed by atoms with Crippen molar-refractivity contribution in [3.05, 3.63) is 17.5 Å². The van der Waals surface area contributed by atoms with E-state index in [9.17, 15) is 0 Å². The molecule has 13 heavy (non-hydrogen) atoms. The molecule has 1 aromatic rings. The molecule has 0 fully saturated rings. The average molecular weight is 179 g/mol. The number of aryl methyl sites for hydroxylation is 1. The highest BCUT2D eigenvalue weighted by Crippen LogP contribution is 2.38. The van der Waals surface area contributed by atoms with Gasteiger partial charge in [0, 0.05) is 24.3 Å². The number of hydrogen-bond acceptors (Lipinski definition) is 2. The van der Waals surface area contributed by atoms with Crippen molar-refractivity contribution in [1.29, 1.82) is 0 Å². The Morgan fingerprint density at radius 1 is 1.62 bits per heavy atom. The Hall–Kier alpha value is -0.830. The number of nitrogens with two attached hydrogens (primary N) is 1. The van der Waals surface area contributed by atoms with Crippen molar-refractivity contribution < 1.29 is 0 Å². The van der Waals surface area contributed by atoms with Crippen LogP contribution in [-0.2, 0) is 13.5 Å². The monoisotopic (exact) mass is 179 g/mol. The molecule has 3 heteroatoms. The van der Waals surface area contributed by atoms with Crippen LogP contribution in [-0.4, -0.2) is 9.78 Å². The Morgan fingerprint density at radius 2 is 2.31 bits per heavy atom. The molecule has 2 rings (SSSR count). The second-order valence-corrected chi connectivity index (χ2v) is 4.82. The number of hydrogen-bond donors (Lipinski definition) is 1. The van der Waals surface area contributed by atoms with Crippen LogP contribution in [0.3, 0.4) is 0 Å². The first-order chi connectivity index (χ1) is 5.99. The summed E-state index contributed by atoms with van der Waals surface area (Å²) in [5.74, 6) is 0. The third-order valence-corrected chi connectivity index (χ3v) is 2.91. The van der Waals surface area contributed by atoms with Crippen LogP contribution in [0.15, 0.2) is 6.20 Å². The molecule has 0 saturated carbocycles. The maximum atomic E-state index is 6.08. The Kier molecular flexibility index (Phi) is 1.74. The zero-order chi connectivity index (χ0) is 9.64. The molecular weight excluding hydrogens is 162 g/mol. The van der Waals surface area contributed by atoms with Crippen molar-refractivity contribution in [2.75, 3.05) is 0 Å². The van der Waals surface area contributed by atoms with Gasteiger partial charge in [0.1, 0.15) is 0 Å². The molecule has 1 unspecified atom stereocenters. The number of fused-ring (bicyclic) bond motifs is 1. The maximum absolute atomic E-state index is 6.08. The van der Waals surface area contributed by atoms with E-state index in [2.05, 4.69) is 18.9 Å². The topological polar surface area (TPSA) is 43.8 Å². The van der Waals surface area contributed by atoms with Crippen molar-refractivity contribution in [3.63, 3.8) is 0 Å². The van der Waals surface area contributed by atoms with Gasteiger partial charge in [-0.3, -0.25) is 4.68 Å². The third kappa shape index (κ3) is 1.37. The summed E-state index contributed by atoms with van der Waals surface area (Å²) in [4.78, 5) is 0. The normalized spacial score (nSPS) is 25.7. The van der Waals surface area contributed by atoms with E-state index in [-0.39, 0.29) is 6.04 Å². The van der Waals surface area contributed by atoms with E-state index < -0.39 is 0 Å². The molecule has 0 spiro atoms. The standard InChI is InChI=1S/C10H17N3/c1-10(2)4-8(11)7-6-12-13(3)9(7)5-10/h6,8H,4-5,11H2,1-3H3. The van der Waals surface area contributed by atoms with Crippen molar-refractivity contribution >= 4 is 0 Å².